The van der Waals surface area contributed by atoms with Crippen molar-refractivity contribution in [3.05, 3.63) is 28.8 Å². The molecule has 0 saturated carbocycles. The van der Waals surface area contributed by atoms with E-state index in [1.807, 2.05) is 13.8 Å². The van der Waals surface area contributed by atoms with Gasteiger partial charge in [-0.1, -0.05) is 0 Å². The zero-order valence-corrected chi connectivity index (χ0v) is 7.92. The molecular weight excluding hydrogens is 168 g/mol. The van der Waals surface area contributed by atoms with Crippen molar-refractivity contribution in [2.45, 2.75) is 13.8 Å². The maximum Gasteiger partial charge on any atom is 0.335 e. The molecule has 3 heteroatoms. The van der Waals surface area contributed by atoms with Crippen LogP contribution in [0.25, 0.3) is 0 Å². The summed E-state index contributed by atoms with van der Waals surface area (Å²) in [7, 11) is 1.54. The van der Waals surface area contributed by atoms with Gasteiger partial charge in [-0.2, -0.15) is 0 Å². The zero-order chi connectivity index (χ0) is 10.0. The molecule has 0 unspecified atom stereocenters. The van der Waals surface area contributed by atoms with Gasteiger partial charge in [0.1, 0.15) is 5.75 Å². The fourth-order valence-corrected chi connectivity index (χ4v) is 1.16. The van der Waals surface area contributed by atoms with Crippen molar-refractivity contribution in [2.24, 2.45) is 0 Å². The summed E-state index contributed by atoms with van der Waals surface area (Å²) in [4.78, 5) is 10.7. The van der Waals surface area contributed by atoms with Gasteiger partial charge in [0.15, 0.2) is 0 Å². The van der Waals surface area contributed by atoms with E-state index < -0.39 is 5.97 Å². The number of ether oxygens (including phenoxy) is 1. The Morgan fingerprint density at radius 2 is 2.00 bits per heavy atom. The maximum atomic E-state index is 10.7. The first-order valence-corrected chi connectivity index (χ1v) is 3.94. The highest BCUT2D eigenvalue weighted by atomic mass is 16.5. The van der Waals surface area contributed by atoms with Crippen LogP contribution in [0.5, 0.6) is 5.75 Å². The first-order valence-electron chi connectivity index (χ1n) is 3.94. The predicted molar refractivity (Wildman–Crippen MR) is 49.4 cm³/mol. The second kappa shape index (κ2) is 3.47. The summed E-state index contributed by atoms with van der Waals surface area (Å²) in [5, 5.41) is 8.76. The molecule has 1 rings (SSSR count). The van der Waals surface area contributed by atoms with E-state index in [4.69, 9.17) is 9.84 Å². The van der Waals surface area contributed by atoms with Crippen LogP contribution in [0.2, 0.25) is 0 Å². The Morgan fingerprint density at radius 1 is 1.38 bits per heavy atom. The third-order valence-corrected chi connectivity index (χ3v) is 2.09. The lowest BCUT2D eigenvalue weighted by molar-refractivity contribution is 0.0696. The molecule has 0 aromatic heterocycles. The van der Waals surface area contributed by atoms with Crippen LogP contribution >= 0.6 is 0 Å². The third kappa shape index (κ3) is 1.80. The molecule has 0 heterocycles. The van der Waals surface area contributed by atoms with E-state index in [0.29, 0.717) is 5.75 Å². The Kier molecular flexibility index (Phi) is 2.56. The van der Waals surface area contributed by atoms with E-state index in [-0.39, 0.29) is 5.56 Å². The quantitative estimate of drug-likeness (QED) is 0.757. The molecule has 3 nitrogen and oxygen atoms in total. The molecule has 1 aromatic rings. The average Bonchev–Trinajstić information content (AvgIpc) is 2.09. The molecule has 0 bridgehead atoms. The van der Waals surface area contributed by atoms with Crippen LogP contribution in [-0.4, -0.2) is 18.2 Å². The molecule has 0 saturated heterocycles. The van der Waals surface area contributed by atoms with Crippen molar-refractivity contribution in [1.82, 2.24) is 0 Å². The van der Waals surface area contributed by atoms with Crippen molar-refractivity contribution in [1.29, 1.82) is 0 Å². The third-order valence-electron chi connectivity index (χ3n) is 2.09. The molecule has 0 aliphatic carbocycles. The fraction of sp³-hybridized carbons (Fsp3) is 0.300. The van der Waals surface area contributed by atoms with Gasteiger partial charge in [0.05, 0.1) is 12.7 Å². The lowest BCUT2D eigenvalue weighted by atomic mass is 10.1. The Hall–Kier alpha value is -1.51. The van der Waals surface area contributed by atoms with Gasteiger partial charge in [0.25, 0.3) is 0 Å². The number of aryl methyl sites for hydroxylation is 1. The summed E-state index contributed by atoms with van der Waals surface area (Å²) in [5.41, 5.74) is 2.17. The van der Waals surface area contributed by atoms with E-state index in [1.165, 1.54) is 13.2 Å². The van der Waals surface area contributed by atoms with E-state index >= 15 is 0 Å². The summed E-state index contributed by atoms with van der Waals surface area (Å²) < 4.78 is 5.05. The minimum atomic E-state index is -0.929. The highest BCUT2D eigenvalue weighted by Crippen LogP contribution is 2.22. The van der Waals surface area contributed by atoms with Gasteiger partial charge >= 0.3 is 5.97 Å². The summed E-state index contributed by atoms with van der Waals surface area (Å²) in [5.74, 6) is -0.307. The standard InChI is InChI=1S/C10H12O3/c1-6-4-8(10(11)12)5-9(13-3)7(6)2/h4-5H,1-3H3,(H,11,12). The molecule has 0 aliphatic rings. The Morgan fingerprint density at radius 3 is 2.46 bits per heavy atom. The van der Waals surface area contributed by atoms with Crippen LogP contribution in [0.15, 0.2) is 12.1 Å². The van der Waals surface area contributed by atoms with Crippen molar-refractivity contribution >= 4 is 5.97 Å². The second-order valence-electron chi connectivity index (χ2n) is 2.93. The lowest BCUT2D eigenvalue weighted by Gasteiger charge is -2.08. The number of hydrogen-bond acceptors (Lipinski definition) is 2. The number of benzene rings is 1. The van der Waals surface area contributed by atoms with E-state index in [1.54, 1.807) is 6.07 Å². The summed E-state index contributed by atoms with van der Waals surface area (Å²) in [6.07, 6.45) is 0. The van der Waals surface area contributed by atoms with Crippen LogP contribution in [-0.2, 0) is 0 Å². The van der Waals surface area contributed by atoms with Crippen LogP contribution in [0.3, 0.4) is 0 Å². The molecule has 0 fully saturated rings. The molecule has 13 heavy (non-hydrogen) atoms. The highest BCUT2D eigenvalue weighted by molar-refractivity contribution is 5.88. The van der Waals surface area contributed by atoms with Gasteiger partial charge < -0.3 is 9.84 Å². The lowest BCUT2D eigenvalue weighted by Crippen LogP contribution is -1.99. The molecule has 0 amide bonds. The number of carbonyl (C=O) groups is 1. The van der Waals surface area contributed by atoms with Crippen molar-refractivity contribution < 1.29 is 14.6 Å². The highest BCUT2D eigenvalue weighted by Gasteiger charge is 2.08. The summed E-state index contributed by atoms with van der Waals surface area (Å²) >= 11 is 0. The molecule has 0 aliphatic heterocycles. The zero-order valence-electron chi connectivity index (χ0n) is 7.92. The first-order chi connectivity index (χ1) is 6.06. The largest absolute Gasteiger partial charge is 0.496 e. The van der Waals surface area contributed by atoms with Gasteiger partial charge in [-0.15, -0.1) is 0 Å². The van der Waals surface area contributed by atoms with Crippen molar-refractivity contribution in [3.8, 4) is 5.75 Å². The average molecular weight is 180 g/mol. The predicted octanol–water partition coefficient (Wildman–Crippen LogP) is 2.01. The first kappa shape index (κ1) is 9.58. The number of hydrogen-bond donors (Lipinski definition) is 1. The number of carboxylic acid groups (broad SMARTS) is 1. The van der Waals surface area contributed by atoms with Crippen LogP contribution in [0.1, 0.15) is 21.5 Å². The minimum absolute atomic E-state index is 0.264. The fourth-order valence-electron chi connectivity index (χ4n) is 1.16. The van der Waals surface area contributed by atoms with Crippen LogP contribution < -0.4 is 4.74 Å². The smallest absolute Gasteiger partial charge is 0.335 e. The molecule has 1 aromatic carbocycles. The van der Waals surface area contributed by atoms with Crippen LogP contribution in [0.4, 0.5) is 0 Å². The Labute approximate surface area is 77.0 Å². The van der Waals surface area contributed by atoms with Crippen molar-refractivity contribution in [3.63, 3.8) is 0 Å². The SMILES string of the molecule is COc1cc(C(=O)O)cc(C)c1C. The summed E-state index contributed by atoms with van der Waals surface area (Å²) in [6.45, 7) is 3.77. The maximum absolute atomic E-state index is 10.7. The number of rotatable bonds is 2. The normalized spacial score (nSPS) is 9.77. The molecule has 70 valence electrons. The summed E-state index contributed by atoms with van der Waals surface area (Å²) in [6, 6.07) is 3.17. The second-order valence-corrected chi connectivity index (χ2v) is 2.93. The van der Waals surface area contributed by atoms with Gasteiger partial charge in [-0.05, 0) is 37.1 Å². The Balaban J connectivity index is 3.30. The van der Waals surface area contributed by atoms with Gasteiger partial charge in [-0.25, -0.2) is 4.79 Å². The monoisotopic (exact) mass is 180 g/mol. The Bertz CT molecular complexity index is 342. The molecule has 0 atom stereocenters. The number of carboxylic acids is 1. The molecule has 0 radical (unpaired) electrons. The minimum Gasteiger partial charge on any atom is -0.496 e. The molecule has 1 N–H and O–H groups in total. The van der Waals surface area contributed by atoms with E-state index in [2.05, 4.69) is 0 Å². The van der Waals surface area contributed by atoms with Gasteiger partial charge in [0.2, 0.25) is 0 Å². The number of methoxy groups -OCH3 is 1. The number of aromatic carboxylic acids is 1. The van der Waals surface area contributed by atoms with Crippen LogP contribution in [0, 0.1) is 13.8 Å². The van der Waals surface area contributed by atoms with Gasteiger partial charge in [-0.3, -0.25) is 0 Å². The molecule has 0 spiro atoms. The van der Waals surface area contributed by atoms with Gasteiger partial charge in [0, 0.05) is 0 Å². The van der Waals surface area contributed by atoms with E-state index in [9.17, 15) is 4.79 Å². The molecular formula is C10H12O3. The van der Waals surface area contributed by atoms with Crippen molar-refractivity contribution in [2.75, 3.05) is 7.11 Å². The topological polar surface area (TPSA) is 46.5 Å². The van der Waals surface area contributed by atoms with E-state index in [0.717, 1.165) is 11.1 Å².